The number of hydrazine groups is 1. The Kier molecular flexibility index (Phi) is 2.24. The molecule has 10 heavy (non-hydrogen) atoms. The van der Waals surface area contributed by atoms with Crippen molar-refractivity contribution in [2.45, 2.75) is 25.3 Å². The average Bonchev–Trinajstić information content (AvgIpc) is 2.04. The van der Waals surface area contributed by atoms with Gasteiger partial charge in [0.1, 0.15) is 0 Å². The maximum atomic E-state index is 11.0. The quantitative estimate of drug-likeness (QED) is 0.344. The van der Waals surface area contributed by atoms with Gasteiger partial charge in [0, 0.05) is 6.54 Å². The van der Waals surface area contributed by atoms with Gasteiger partial charge in [-0.25, -0.2) is 5.84 Å². The number of hydrogen-bond acceptors (Lipinski definition) is 3. The lowest BCUT2D eigenvalue weighted by Crippen LogP contribution is -2.46. The molecule has 0 aliphatic carbocycles. The summed E-state index contributed by atoms with van der Waals surface area (Å²) < 4.78 is 0. The molecule has 1 rings (SSSR count). The van der Waals surface area contributed by atoms with Gasteiger partial charge in [-0.1, -0.05) is 0 Å². The highest BCUT2D eigenvalue weighted by atomic mass is 16.2. The Balaban J connectivity index is 2.55. The Hall–Kier alpha value is -0.610. The van der Waals surface area contributed by atoms with Crippen molar-refractivity contribution in [2.75, 3.05) is 6.54 Å². The number of hydrogen-bond donors (Lipinski definition) is 2. The summed E-state index contributed by atoms with van der Waals surface area (Å²) in [5.74, 6) is 5.25. The van der Waals surface area contributed by atoms with Crippen LogP contribution in [-0.2, 0) is 4.79 Å². The van der Waals surface area contributed by atoms with Crippen molar-refractivity contribution in [2.24, 2.45) is 11.6 Å². The van der Waals surface area contributed by atoms with Gasteiger partial charge in [0.25, 0.3) is 5.91 Å². The molecule has 0 radical (unpaired) electrons. The van der Waals surface area contributed by atoms with Gasteiger partial charge in [-0.2, -0.15) is 0 Å². The molecule has 4 N–H and O–H groups in total. The van der Waals surface area contributed by atoms with Crippen LogP contribution in [0.25, 0.3) is 0 Å². The van der Waals surface area contributed by atoms with E-state index >= 15 is 0 Å². The van der Waals surface area contributed by atoms with E-state index < -0.39 is 0 Å². The number of amides is 1. The predicted octanol–water partition coefficient (Wildman–Crippen LogP) is -0.800. The molecule has 1 saturated heterocycles. The van der Waals surface area contributed by atoms with E-state index in [4.69, 9.17) is 11.6 Å². The molecular formula is C6H13N3O. The molecule has 1 aliphatic rings. The second-order valence-electron chi connectivity index (χ2n) is 2.63. The van der Waals surface area contributed by atoms with E-state index in [1.54, 1.807) is 0 Å². The van der Waals surface area contributed by atoms with Crippen LogP contribution in [0.2, 0.25) is 0 Å². The third-order valence-electron chi connectivity index (χ3n) is 1.76. The van der Waals surface area contributed by atoms with Crippen LogP contribution in [0.15, 0.2) is 0 Å². The maximum Gasteiger partial charge on any atom is 0.253 e. The Morgan fingerprint density at radius 3 is 2.90 bits per heavy atom. The first-order valence-electron chi connectivity index (χ1n) is 3.53. The summed E-state index contributed by atoms with van der Waals surface area (Å²) in [5, 5.41) is 1.22. The minimum atomic E-state index is -0.368. The van der Waals surface area contributed by atoms with E-state index in [1.807, 2.05) is 0 Å². The molecule has 1 fully saturated rings. The number of nitrogens with two attached hydrogens (primary N) is 2. The molecule has 58 valence electrons. The number of carbonyl (C=O) groups is 1. The van der Waals surface area contributed by atoms with Crippen LogP contribution in [0, 0.1) is 0 Å². The molecule has 0 saturated carbocycles. The van der Waals surface area contributed by atoms with E-state index in [0.717, 1.165) is 19.3 Å². The summed E-state index contributed by atoms with van der Waals surface area (Å²) >= 11 is 0. The third-order valence-corrected chi connectivity index (χ3v) is 1.76. The van der Waals surface area contributed by atoms with Crippen LogP contribution < -0.4 is 11.6 Å². The second kappa shape index (κ2) is 2.98. The lowest BCUT2D eigenvalue weighted by molar-refractivity contribution is -0.132. The van der Waals surface area contributed by atoms with Crippen molar-refractivity contribution in [1.29, 1.82) is 0 Å². The van der Waals surface area contributed by atoms with Crippen molar-refractivity contribution < 1.29 is 4.79 Å². The van der Waals surface area contributed by atoms with Crippen molar-refractivity contribution in [3.05, 3.63) is 0 Å². The highest BCUT2D eigenvalue weighted by molar-refractivity contribution is 5.81. The van der Waals surface area contributed by atoms with Gasteiger partial charge in [-0.05, 0) is 19.3 Å². The summed E-state index contributed by atoms with van der Waals surface area (Å²) in [6.07, 6.45) is 2.74. The Labute approximate surface area is 60.1 Å². The van der Waals surface area contributed by atoms with Gasteiger partial charge in [0.05, 0.1) is 6.04 Å². The lowest BCUT2D eigenvalue weighted by Gasteiger charge is -2.15. The van der Waals surface area contributed by atoms with E-state index in [2.05, 4.69) is 0 Å². The molecule has 0 aromatic rings. The zero-order valence-corrected chi connectivity index (χ0v) is 5.92. The topological polar surface area (TPSA) is 72.3 Å². The van der Waals surface area contributed by atoms with Crippen LogP contribution in [0.3, 0.4) is 0 Å². The normalized spacial score (nSPS) is 28.4. The van der Waals surface area contributed by atoms with Gasteiger partial charge in [-0.3, -0.25) is 9.80 Å². The molecule has 1 amide bonds. The highest BCUT2D eigenvalue weighted by Crippen LogP contribution is 2.06. The standard InChI is InChI=1S/C6H13N3O/c7-5-3-1-2-4-9(8)6(5)10/h5H,1-4,7-8H2. The SMILES string of the molecule is NC1CCCCN(N)C1=O. The fourth-order valence-corrected chi connectivity index (χ4v) is 1.09. The fraction of sp³-hybridized carbons (Fsp3) is 0.833. The molecule has 0 bridgehead atoms. The zero-order valence-electron chi connectivity index (χ0n) is 5.92. The smallest absolute Gasteiger partial charge is 0.253 e. The first-order chi connectivity index (χ1) is 4.72. The Morgan fingerprint density at radius 2 is 2.20 bits per heavy atom. The highest BCUT2D eigenvalue weighted by Gasteiger charge is 2.20. The monoisotopic (exact) mass is 143 g/mol. The molecule has 1 aliphatic heterocycles. The number of carbonyl (C=O) groups excluding carboxylic acids is 1. The summed E-state index contributed by atoms with van der Waals surface area (Å²) in [7, 11) is 0. The van der Waals surface area contributed by atoms with Gasteiger partial charge in [0.15, 0.2) is 0 Å². The number of rotatable bonds is 0. The van der Waals surface area contributed by atoms with Crippen molar-refractivity contribution in [1.82, 2.24) is 5.01 Å². The van der Waals surface area contributed by atoms with Crippen LogP contribution in [0.4, 0.5) is 0 Å². The van der Waals surface area contributed by atoms with E-state index in [0.29, 0.717) is 6.54 Å². The van der Waals surface area contributed by atoms with Crippen LogP contribution in [0.1, 0.15) is 19.3 Å². The van der Waals surface area contributed by atoms with E-state index in [-0.39, 0.29) is 11.9 Å². The molecule has 1 unspecified atom stereocenters. The van der Waals surface area contributed by atoms with Crippen LogP contribution in [-0.4, -0.2) is 23.5 Å². The molecule has 4 heteroatoms. The van der Waals surface area contributed by atoms with Gasteiger partial charge in [0.2, 0.25) is 0 Å². The van der Waals surface area contributed by atoms with Gasteiger partial charge >= 0.3 is 0 Å². The molecule has 0 aromatic heterocycles. The van der Waals surface area contributed by atoms with Gasteiger partial charge < -0.3 is 5.73 Å². The van der Waals surface area contributed by atoms with Crippen LogP contribution in [0.5, 0.6) is 0 Å². The first kappa shape index (κ1) is 7.50. The van der Waals surface area contributed by atoms with Gasteiger partial charge in [-0.15, -0.1) is 0 Å². The van der Waals surface area contributed by atoms with Crippen molar-refractivity contribution in [3.63, 3.8) is 0 Å². The molecular weight excluding hydrogens is 130 g/mol. The Bertz CT molecular complexity index is 123. The lowest BCUT2D eigenvalue weighted by atomic mass is 10.1. The number of nitrogens with zero attached hydrogens (tertiary/aromatic N) is 1. The largest absolute Gasteiger partial charge is 0.320 e. The minimum absolute atomic E-state index is 0.127. The molecule has 0 aromatic carbocycles. The molecule has 1 atom stereocenters. The van der Waals surface area contributed by atoms with E-state index in [9.17, 15) is 4.79 Å². The average molecular weight is 143 g/mol. The molecule has 1 heterocycles. The summed E-state index contributed by atoms with van der Waals surface area (Å²) in [6.45, 7) is 0.645. The van der Waals surface area contributed by atoms with Crippen LogP contribution >= 0.6 is 0 Å². The zero-order chi connectivity index (χ0) is 7.56. The predicted molar refractivity (Wildman–Crippen MR) is 37.7 cm³/mol. The molecule has 0 spiro atoms. The fourth-order valence-electron chi connectivity index (χ4n) is 1.09. The summed E-state index contributed by atoms with van der Waals surface area (Å²) in [5.41, 5.74) is 5.50. The van der Waals surface area contributed by atoms with E-state index in [1.165, 1.54) is 5.01 Å². The van der Waals surface area contributed by atoms with Crippen molar-refractivity contribution in [3.8, 4) is 0 Å². The third kappa shape index (κ3) is 1.46. The maximum absolute atomic E-state index is 11.0. The Morgan fingerprint density at radius 1 is 1.50 bits per heavy atom. The second-order valence-corrected chi connectivity index (χ2v) is 2.63. The van der Waals surface area contributed by atoms with Crippen molar-refractivity contribution >= 4 is 5.91 Å². The summed E-state index contributed by atoms with van der Waals surface area (Å²) in [4.78, 5) is 11.0. The molecule has 4 nitrogen and oxygen atoms in total. The minimum Gasteiger partial charge on any atom is -0.320 e. The first-order valence-corrected chi connectivity index (χ1v) is 3.53. The summed E-state index contributed by atoms with van der Waals surface area (Å²) in [6, 6.07) is -0.368.